The van der Waals surface area contributed by atoms with Crippen molar-refractivity contribution in [3.63, 3.8) is 0 Å². The first-order valence-corrected chi connectivity index (χ1v) is 6.38. The van der Waals surface area contributed by atoms with Gasteiger partial charge in [0.2, 0.25) is 0 Å². The predicted molar refractivity (Wildman–Crippen MR) is 72.3 cm³/mol. The van der Waals surface area contributed by atoms with Gasteiger partial charge in [-0.05, 0) is 28.9 Å². The fourth-order valence-corrected chi connectivity index (χ4v) is 1.92. The van der Waals surface area contributed by atoms with Gasteiger partial charge in [0.05, 0.1) is 23.0 Å². The molecule has 0 bridgehead atoms. The van der Waals surface area contributed by atoms with Crippen molar-refractivity contribution in [3.05, 3.63) is 28.6 Å². The Morgan fingerprint density at radius 1 is 1.44 bits per heavy atom. The number of methoxy groups -OCH3 is 1. The Morgan fingerprint density at radius 2 is 2.28 bits per heavy atom. The van der Waals surface area contributed by atoms with Crippen molar-refractivity contribution in [2.45, 2.75) is 13.5 Å². The molecule has 0 fully saturated rings. The predicted octanol–water partition coefficient (Wildman–Crippen LogP) is 3.08. The van der Waals surface area contributed by atoms with Gasteiger partial charge in [-0.1, -0.05) is 0 Å². The van der Waals surface area contributed by atoms with E-state index in [9.17, 15) is 0 Å². The average Bonchev–Trinajstić information content (AvgIpc) is 2.76. The molecular weight excluding hydrogens is 298 g/mol. The molecule has 2 aromatic rings. The lowest BCUT2D eigenvalue weighted by Gasteiger charge is -2.07. The molecule has 0 saturated heterocycles. The van der Waals surface area contributed by atoms with Crippen molar-refractivity contribution < 1.29 is 9.15 Å². The summed E-state index contributed by atoms with van der Waals surface area (Å²) in [7, 11) is 1.64. The number of hydrogen-bond donors (Lipinski definition) is 1. The molecule has 0 radical (unpaired) electrons. The highest BCUT2D eigenvalue weighted by molar-refractivity contribution is 9.10. The van der Waals surface area contributed by atoms with E-state index in [-0.39, 0.29) is 0 Å². The summed E-state index contributed by atoms with van der Waals surface area (Å²) in [5, 5.41) is 3.16. The van der Waals surface area contributed by atoms with Crippen LogP contribution >= 0.6 is 15.9 Å². The zero-order chi connectivity index (χ0) is 13.0. The molecular formula is C12H14BrN3O2. The molecule has 5 nitrogen and oxygen atoms in total. The van der Waals surface area contributed by atoms with Gasteiger partial charge < -0.3 is 14.5 Å². The summed E-state index contributed by atoms with van der Waals surface area (Å²) in [4.78, 5) is 8.82. The molecule has 18 heavy (non-hydrogen) atoms. The number of ether oxygens (including phenoxy) is 1. The number of anilines is 1. The second-order valence-electron chi connectivity index (χ2n) is 3.63. The largest absolute Gasteiger partial charge is 0.460 e. The van der Waals surface area contributed by atoms with Crippen LogP contribution in [0.2, 0.25) is 0 Å². The fraction of sp³-hybridized carbons (Fsp3) is 0.333. The van der Waals surface area contributed by atoms with Gasteiger partial charge >= 0.3 is 0 Å². The van der Waals surface area contributed by atoms with Crippen LogP contribution in [0.3, 0.4) is 0 Å². The van der Waals surface area contributed by atoms with Crippen molar-refractivity contribution in [1.29, 1.82) is 0 Å². The summed E-state index contributed by atoms with van der Waals surface area (Å²) in [6.07, 6.45) is 1.60. The number of hydrogen-bond acceptors (Lipinski definition) is 5. The maximum atomic E-state index is 5.38. The van der Waals surface area contributed by atoms with Crippen LogP contribution in [0.15, 0.2) is 27.3 Å². The second kappa shape index (κ2) is 5.97. The van der Waals surface area contributed by atoms with E-state index < -0.39 is 0 Å². The summed E-state index contributed by atoms with van der Waals surface area (Å²) >= 11 is 3.40. The summed E-state index contributed by atoms with van der Waals surface area (Å²) in [5.74, 6) is 1.92. The normalized spacial score (nSPS) is 10.6. The van der Waals surface area contributed by atoms with E-state index in [0.29, 0.717) is 18.2 Å². The molecule has 0 amide bonds. The molecule has 0 unspecified atom stereocenters. The van der Waals surface area contributed by atoms with Crippen LogP contribution in [0.4, 0.5) is 5.82 Å². The van der Waals surface area contributed by atoms with Gasteiger partial charge in [0, 0.05) is 19.7 Å². The topological polar surface area (TPSA) is 60.2 Å². The third kappa shape index (κ3) is 2.88. The van der Waals surface area contributed by atoms with E-state index in [0.717, 1.165) is 22.5 Å². The molecule has 0 atom stereocenters. The molecule has 2 rings (SSSR count). The first kappa shape index (κ1) is 13.0. The van der Waals surface area contributed by atoms with Gasteiger partial charge in [0.15, 0.2) is 11.6 Å². The van der Waals surface area contributed by atoms with E-state index >= 15 is 0 Å². The lowest BCUT2D eigenvalue weighted by molar-refractivity contribution is 0.181. The highest BCUT2D eigenvalue weighted by Crippen LogP contribution is 2.27. The van der Waals surface area contributed by atoms with Crippen molar-refractivity contribution in [2.24, 2.45) is 0 Å². The van der Waals surface area contributed by atoms with Gasteiger partial charge in [0.25, 0.3) is 0 Å². The Hall–Kier alpha value is -1.40. The van der Waals surface area contributed by atoms with Gasteiger partial charge in [-0.3, -0.25) is 0 Å². The lowest BCUT2D eigenvalue weighted by atomic mass is 10.3. The van der Waals surface area contributed by atoms with Crippen LogP contribution in [0.1, 0.15) is 12.6 Å². The Bertz CT molecular complexity index is 504. The van der Waals surface area contributed by atoms with Crippen molar-refractivity contribution >= 4 is 21.7 Å². The number of nitrogens with one attached hydrogen (secondary N) is 1. The monoisotopic (exact) mass is 311 g/mol. The molecule has 1 N–H and O–H groups in total. The number of rotatable bonds is 5. The van der Waals surface area contributed by atoms with E-state index in [2.05, 4.69) is 31.2 Å². The molecule has 0 aliphatic carbocycles. The molecule has 2 aromatic heterocycles. The minimum Gasteiger partial charge on any atom is -0.460 e. The number of furan rings is 1. The van der Waals surface area contributed by atoms with Gasteiger partial charge in [0.1, 0.15) is 5.82 Å². The minimum atomic E-state index is 0.437. The van der Waals surface area contributed by atoms with Crippen LogP contribution in [0.5, 0.6) is 0 Å². The molecule has 0 saturated carbocycles. The third-order valence-electron chi connectivity index (χ3n) is 2.25. The Morgan fingerprint density at radius 3 is 2.89 bits per heavy atom. The zero-order valence-corrected chi connectivity index (χ0v) is 11.8. The summed E-state index contributed by atoms with van der Waals surface area (Å²) in [5.41, 5.74) is 0.807. The molecule has 0 aliphatic rings. The first-order chi connectivity index (χ1) is 8.74. The first-order valence-electron chi connectivity index (χ1n) is 5.58. The number of aromatic nitrogens is 2. The van der Waals surface area contributed by atoms with Crippen LogP contribution < -0.4 is 5.32 Å². The Balaban J connectivity index is 2.42. The fourth-order valence-electron chi connectivity index (χ4n) is 1.55. The summed E-state index contributed by atoms with van der Waals surface area (Å²) in [6, 6.07) is 3.68. The van der Waals surface area contributed by atoms with Crippen LogP contribution in [-0.2, 0) is 11.3 Å². The average molecular weight is 312 g/mol. The standard InChI is InChI=1S/C12H14BrN3O2/c1-3-14-10-6-8(7-17-2)15-12(16-10)11-9(13)4-5-18-11/h4-6H,3,7H2,1-2H3,(H,14,15,16). The van der Waals surface area contributed by atoms with Crippen LogP contribution in [0.25, 0.3) is 11.6 Å². The van der Waals surface area contributed by atoms with Crippen LogP contribution in [0, 0.1) is 0 Å². The smallest absolute Gasteiger partial charge is 0.199 e. The molecule has 0 aliphatic heterocycles. The highest BCUT2D eigenvalue weighted by atomic mass is 79.9. The number of halogens is 1. The van der Waals surface area contributed by atoms with E-state index in [4.69, 9.17) is 9.15 Å². The minimum absolute atomic E-state index is 0.437. The lowest BCUT2D eigenvalue weighted by Crippen LogP contribution is -2.04. The van der Waals surface area contributed by atoms with Crippen molar-refractivity contribution in [1.82, 2.24) is 9.97 Å². The maximum absolute atomic E-state index is 5.38. The van der Waals surface area contributed by atoms with Gasteiger partial charge in [-0.15, -0.1) is 0 Å². The molecule has 0 spiro atoms. The SMILES string of the molecule is CCNc1cc(COC)nc(-c2occc2Br)n1. The van der Waals surface area contributed by atoms with Crippen molar-refractivity contribution in [3.8, 4) is 11.6 Å². The molecule has 6 heteroatoms. The van der Waals surface area contributed by atoms with E-state index in [1.54, 1.807) is 13.4 Å². The molecule has 2 heterocycles. The van der Waals surface area contributed by atoms with E-state index in [1.165, 1.54) is 0 Å². The highest BCUT2D eigenvalue weighted by Gasteiger charge is 2.12. The van der Waals surface area contributed by atoms with Gasteiger partial charge in [-0.25, -0.2) is 9.97 Å². The van der Waals surface area contributed by atoms with Gasteiger partial charge in [-0.2, -0.15) is 0 Å². The Kier molecular flexibility index (Phi) is 4.33. The second-order valence-corrected chi connectivity index (χ2v) is 4.48. The molecule has 0 aromatic carbocycles. The summed E-state index contributed by atoms with van der Waals surface area (Å²) in [6.45, 7) is 3.25. The third-order valence-corrected chi connectivity index (χ3v) is 2.87. The molecule has 96 valence electrons. The number of nitrogens with zero attached hydrogens (tertiary/aromatic N) is 2. The quantitative estimate of drug-likeness (QED) is 0.919. The Labute approximate surface area is 114 Å². The van der Waals surface area contributed by atoms with Crippen LogP contribution in [-0.4, -0.2) is 23.6 Å². The van der Waals surface area contributed by atoms with Crippen molar-refractivity contribution in [2.75, 3.05) is 19.0 Å². The zero-order valence-electron chi connectivity index (χ0n) is 10.2. The summed E-state index contributed by atoms with van der Waals surface area (Å²) < 4.78 is 11.3. The maximum Gasteiger partial charge on any atom is 0.199 e. The van der Waals surface area contributed by atoms with E-state index in [1.807, 2.05) is 19.1 Å².